The second-order valence-electron chi connectivity index (χ2n) is 5.70. The largest absolute Gasteiger partial charge is 0.354 e. The van der Waals surface area contributed by atoms with E-state index in [0.717, 1.165) is 40.6 Å². The van der Waals surface area contributed by atoms with E-state index in [1.165, 1.54) is 6.42 Å². The van der Waals surface area contributed by atoms with Crippen LogP contribution in [0.5, 0.6) is 0 Å². The standard InChI is InChI=1S/C19H18N4/c1-2-3-11-22-12-13-23(14-22)17-9-8-16-7-6-15-5-4-10-20-18(15)19(16)21-17/h4-10,12-13H,2-3,11H2,1H3. The molecular weight excluding hydrogens is 284 g/mol. The van der Waals surface area contributed by atoms with Gasteiger partial charge in [0.15, 0.2) is 17.7 Å². The fourth-order valence-corrected chi connectivity index (χ4v) is 2.78. The minimum absolute atomic E-state index is 0.867. The monoisotopic (exact) mass is 302 g/mol. The van der Waals surface area contributed by atoms with Gasteiger partial charge in [0.05, 0.1) is 0 Å². The molecule has 1 aromatic carbocycles. The van der Waals surface area contributed by atoms with Crippen molar-refractivity contribution in [3.63, 3.8) is 0 Å². The van der Waals surface area contributed by atoms with Crippen molar-refractivity contribution in [2.45, 2.75) is 26.3 Å². The summed E-state index contributed by atoms with van der Waals surface area (Å²) < 4.78 is 4.02. The van der Waals surface area contributed by atoms with Gasteiger partial charge in [-0.1, -0.05) is 37.6 Å². The Labute approximate surface area is 135 Å². The number of imidazole rings is 1. The number of nitrogens with zero attached hydrogens (tertiary/aromatic N) is 4. The second kappa shape index (κ2) is 5.80. The molecule has 0 saturated carbocycles. The number of benzene rings is 1. The summed E-state index contributed by atoms with van der Waals surface area (Å²) in [6, 6.07) is 12.3. The minimum Gasteiger partial charge on any atom is -0.354 e. The van der Waals surface area contributed by atoms with Gasteiger partial charge in [-0.05, 0) is 30.9 Å². The maximum Gasteiger partial charge on any atom is 0.186 e. The van der Waals surface area contributed by atoms with Gasteiger partial charge in [-0.25, -0.2) is 0 Å². The SMILES string of the molecule is CCCCn1[c-][n+](-c2ccc3ccc4cccnc4c3n2)cc1. The van der Waals surface area contributed by atoms with Crippen LogP contribution in [0.3, 0.4) is 0 Å². The quantitative estimate of drug-likeness (QED) is 0.329. The van der Waals surface area contributed by atoms with Gasteiger partial charge >= 0.3 is 0 Å². The number of fused-ring (bicyclic) bond motifs is 3. The Bertz CT molecular complexity index is 971. The van der Waals surface area contributed by atoms with E-state index in [9.17, 15) is 0 Å². The number of pyridine rings is 2. The zero-order valence-electron chi connectivity index (χ0n) is 13.1. The fraction of sp³-hybridized carbons (Fsp3) is 0.211. The average Bonchev–Trinajstić information content (AvgIpc) is 3.08. The van der Waals surface area contributed by atoms with Crippen molar-refractivity contribution in [3.8, 4) is 5.82 Å². The lowest BCUT2D eigenvalue weighted by Crippen LogP contribution is -2.29. The molecule has 23 heavy (non-hydrogen) atoms. The molecular formula is C19H18N4. The summed E-state index contributed by atoms with van der Waals surface area (Å²) in [6.07, 6.45) is 11.5. The molecule has 4 heteroatoms. The third-order valence-corrected chi connectivity index (χ3v) is 4.05. The lowest BCUT2D eigenvalue weighted by Gasteiger charge is -2.04. The maximum atomic E-state index is 4.82. The smallest absolute Gasteiger partial charge is 0.186 e. The molecule has 0 atom stereocenters. The lowest BCUT2D eigenvalue weighted by molar-refractivity contribution is -0.603. The fourth-order valence-electron chi connectivity index (χ4n) is 2.78. The molecule has 3 aromatic heterocycles. The molecule has 3 heterocycles. The zero-order valence-corrected chi connectivity index (χ0v) is 13.1. The number of hydrogen-bond donors (Lipinski definition) is 0. The molecule has 0 aliphatic rings. The van der Waals surface area contributed by atoms with Crippen LogP contribution in [0.15, 0.2) is 55.0 Å². The number of aryl methyl sites for hydroxylation is 1. The first-order chi connectivity index (χ1) is 11.3. The predicted octanol–water partition coefficient (Wildman–Crippen LogP) is 3.46. The van der Waals surface area contributed by atoms with Crippen LogP contribution < -0.4 is 4.57 Å². The summed E-state index contributed by atoms with van der Waals surface area (Å²) in [7, 11) is 0. The highest BCUT2D eigenvalue weighted by Crippen LogP contribution is 2.22. The van der Waals surface area contributed by atoms with Crippen LogP contribution in [0.2, 0.25) is 0 Å². The van der Waals surface area contributed by atoms with Crippen LogP contribution in [0, 0.1) is 6.33 Å². The average molecular weight is 302 g/mol. The van der Waals surface area contributed by atoms with Gasteiger partial charge in [0.1, 0.15) is 5.52 Å². The normalized spacial score (nSPS) is 11.3. The van der Waals surface area contributed by atoms with Crippen LogP contribution in [-0.4, -0.2) is 14.5 Å². The van der Waals surface area contributed by atoms with Crippen molar-refractivity contribution in [3.05, 3.63) is 61.3 Å². The summed E-state index contributed by atoms with van der Waals surface area (Å²) in [5.41, 5.74) is 1.88. The highest BCUT2D eigenvalue weighted by molar-refractivity contribution is 6.02. The molecule has 4 rings (SSSR count). The number of unbranched alkanes of at least 4 members (excludes halogenated alkanes) is 1. The molecule has 0 spiro atoms. The predicted molar refractivity (Wildman–Crippen MR) is 90.3 cm³/mol. The van der Waals surface area contributed by atoms with E-state index < -0.39 is 0 Å². The first kappa shape index (κ1) is 13.9. The third-order valence-electron chi connectivity index (χ3n) is 4.05. The first-order valence-electron chi connectivity index (χ1n) is 8.00. The molecule has 0 amide bonds. The van der Waals surface area contributed by atoms with Crippen LogP contribution in [0.4, 0.5) is 0 Å². The summed E-state index contributed by atoms with van der Waals surface area (Å²) in [6.45, 7) is 3.18. The van der Waals surface area contributed by atoms with Crippen LogP contribution in [0.1, 0.15) is 19.8 Å². The molecule has 4 nitrogen and oxygen atoms in total. The summed E-state index contributed by atoms with van der Waals surface area (Å²) in [4.78, 5) is 9.33. The Kier molecular flexibility index (Phi) is 3.50. The molecule has 0 unspecified atom stereocenters. The van der Waals surface area contributed by atoms with Gasteiger partial charge in [0.25, 0.3) is 0 Å². The second-order valence-corrected chi connectivity index (χ2v) is 5.70. The highest BCUT2D eigenvalue weighted by Gasteiger charge is 2.08. The summed E-state index contributed by atoms with van der Waals surface area (Å²) in [5.74, 6) is 0.867. The lowest BCUT2D eigenvalue weighted by atomic mass is 10.1. The molecule has 0 radical (unpaired) electrons. The molecule has 4 aromatic rings. The maximum absolute atomic E-state index is 4.82. The van der Waals surface area contributed by atoms with Crippen LogP contribution in [0.25, 0.3) is 27.6 Å². The van der Waals surface area contributed by atoms with Gasteiger partial charge in [0, 0.05) is 23.5 Å². The van der Waals surface area contributed by atoms with Crippen molar-refractivity contribution in [2.24, 2.45) is 0 Å². The molecule has 114 valence electrons. The Hall–Kier alpha value is -2.75. The van der Waals surface area contributed by atoms with E-state index in [2.05, 4.69) is 47.1 Å². The van der Waals surface area contributed by atoms with Crippen molar-refractivity contribution in [1.29, 1.82) is 0 Å². The van der Waals surface area contributed by atoms with E-state index in [4.69, 9.17) is 4.98 Å². The summed E-state index contributed by atoms with van der Waals surface area (Å²) in [5, 5.41) is 2.21. The summed E-state index contributed by atoms with van der Waals surface area (Å²) >= 11 is 0. The van der Waals surface area contributed by atoms with Crippen LogP contribution >= 0.6 is 0 Å². The van der Waals surface area contributed by atoms with Crippen molar-refractivity contribution in [2.75, 3.05) is 0 Å². The molecule has 0 aliphatic carbocycles. The Balaban J connectivity index is 1.81. The minimum atomic E-state index is 0.867. The van der Waals surface area contributed by atoms with Gasteiger partial charge in [-0.15, -0.1) is 4.98 Å². The zero-order chi connectivity index (χ0) is 15.6. The molecule has 0 bridgehead atoms. The number of hydrogen-bond acceptors (Lipinski definition) is 2. The number of rotatable bonds is 4. The van der Waals surface area contributed by atoms with E-state index >= 15 is 0 Å². The van der Waals surface area contributed by atoms with Crippen molar-refractivity contribution in [1.82, 2.24) is 14.5 Å². The van der Waals surface area contributed by atoms with Crippen LogP contribution in [-0.2, 0) is 6.54 Å². The topological polar surface area (TPSA) is 34.6 Å². The molecule has 0 N–H and O–H groups in total. The van der Waals surface area contributed by atoms with Gasteiger partial charge in [0.2, 0.25) is 0 Å². The highest BCUT2D eigenvalue weighted by atomic mass is 15.1. The van der Waals surface area contributed by atoms with Gasteiger partial charge in [-0.3, -0.25) is 4.98 Å². The number of aromatic nitrogens is 4. The van der Waals surface area contributed by atoms with E-state index in [-0.39, 0.29) is 0 Å². The van der Waals surface area contributed by atoms with Gasteiger partial charge in [-0.2, -0.15) is 0 Å². The van der Waals surface area contributed by atoms with E-state index in [0.29, 0.717) is 0 Å². The Morgan fingerprint density at radius 1 is 1.09 bits per heavy atom. The van der Waals surface area contributed by atoms with Crippen molar-refractivity contribution >= 4 is 21.8 Å². The molecule has 0 fully saturated rings. The van der Waals surface area contributed by atoms with Gasteiger partial charge < -0.3 is 9.13 Å². The van der Waals surface area contributed by atoms with E-state index in [1.54, 1.807) is 0 Å². The van der Waals surface area contributed by atoms with E-state index in [1.807, 2.05) is 35.3 Å². The molecule has 0 saturated heterocycles. The Morgan fingerprint density at radius 2 is 1.91 bits per heavy atom. The Morgan fingerprint density at radius 3 is 2.78 bits per heavy atom. The molecule has 0 aliphatic heterocycles. The van der Waals surface area contributed by atoms with Crippen molar-refractivity contribution < 1.29 is 4.57 Å². The third kappa shape index (κ3) is 2.57. The first-order valence-corrected chi connectivity index (χ1v) is 8.00.